The maximum absolute atomic E-state index is 12.9. The van der Waals surface area contributed by atoms with Gasteiger partial charge in [-0.1, -0.05) is 56.3 Å². The Morgan fingerprint density at radius 3 is 2.14 bits per heavy atom. The SMILES string of the molecule is Cc1cc(-c2ccc(C(F)F)cc2)ccc1C(CC(C)C)Oc1ccc(C(=O)NCCC(=O)O)cc1. The molecule has 3 aromatic rings. The number of benzene rings is 3. The van der Waals surface area contributed by atoms with Crippen LogP contribution in [0.1, 0.15) is 66.3 Å². The summed E-state index contributed by atoms with van der Waals surface area (Å²) in [6.45, 7) is 6.31. The molecule has 0 saturated carbocycles. The van der Waals surface area contributed by atoms with Gasteiger partial charge in [-0.15, -0.1) is 0 Å². The van der Waals surface area contributed by atoms with Gasteiger partial charge in [0.05, 0.1) is 6.42 Å². The summed E-state index contributed by atoms with van der Waals surface area (Å²) >= 11 is 0. The molecule has 0 aliphatic rings. The van der Waals surface area contributed by atoms with Gasteiger partial charge < -0.3 is 15.2 Å². The number of alkyl halides is 2. The first-order valence-corrected chi connectivity index (χ1v) is 11.9. The van der Waals surface area contributed by atoms with Crippen molar-refractivity contribution in [1.82, 2.24) is 5.32 Å². The summed E-state index contributed by atoms with van der Waals surface area (Å²) < 4.78 is 32.1. The number of amides is 1. The number of carboxylic acids is 1. The Morgan fingerprint density at radius 1 is 0.944 bits per heavy atom. The van der Waals surface area contributed by atoms with Crippen molar-refractivity contribution < 1.29 is 28.2 Å². The van der Waals surface area contributed by atoms with E-state index in [9.17, 15) is 18.4 Å². The number of nitrogens with one attached hydrogen (secondary N) is 1. The van der Waals surface area contributed by atoms with Crippen molar-refractivity contribution in [3.05, 3.63) is 89.0 Å². The lowest BCUT2D eigenvalue weighted by Gasteiger charge is -2.24. The third kappa shape index (κ3) is 7.38. The number of halogens is 2. The molecule has 3 rings (SSSR count). The van der Waals surface area contributed by atoms with Gasteiger partial charge in [-0.05, 0) is 65.8 Å². The van der Waals surface area contributed by atoms with E-state index in [0.717, 1.165) is 28.7 Å². The standard InChI is InChI=1S/C29H31F2NO4/c1-18(2)16-26(36-24-11-8-22(9-12-24)29(35)32-15-14-27(33)34)25-13-10-23(17-19(25)3)20-4-6-21(7-5-20)28(30)31/h4-13,17-18,26,28H,14-16H2,1-3H3,(H,32,35)(H,33,34). The number of ether oxygens (including phenoxy) is 1. The van der Waals surface area contributed by atoms with E-state index < -0.39 is 12.4 Å². The van der Waals surface area contributed by atoms with Gasteiger partial charge in [0.1, 0.15) is 11.9 Å². The summed E-state index contributed by atoms with van der Waals surface area (Å²) in [7, 11) is 0. The third-order valence-electron chi connectivity index (χ3n) is 5.82. The number of carbonyl (C=O) groups excluding carboxylic acids is 1. The number of aliphatic carboxylic acids is 1. The maximum Gasteiger partial charge on any atom is 0.305 e. The predicted octanol–water partition coefficient (Wildman–Crippen LogP) is 6.97. The molecule has 0 spiro atoms. The highest BCUT2D eigenvalue weighted by molar-refractivity contribution is 5.94. The van der Waals surface area contributed by atoms with Crippen LogP contribution in [-0.2, 0) is 4.79 Å². The Morgan fingerprint density at radius 2 is 1.58 bits per heavy atom. The Balaban J connectivity index is 1.75. The molecular formula is C29H31F2NO4. The van der Waals surface area contributed by atoms with Crippen molar-refractivity contribution >= 4 is 11.9 Å². The fraction of sp³-hybridized carbons (Fsp3) is 0.310. The Bertz CT molecular complexity index is 1170. The minimum absolute atomic E-state index is 0.00116. The van der Waals surface area contributed by atoms with Crippen LogP contribution in [0.3, 0.4) is 0 Å². The normalized spacial score (nSPS) is 12.0. The first kappa shape index (κ1) is 26.9. The van der Waals surface area contributed by atoms with Crippen molar-refractivity contribution in [3.8, 4) is 16.9 Å². The van der Waals surface area contributed by atoms with Crippen molar-refractivity contribution in [1.29, 1.82) is 0 Å². The molecule has 0 fully saturated rings. The van der Waals surface area contributed by atoms with Crippen molar-refractivity contribution in [2.45, 2.75) is 46.1 Å². The second kappa shape index (κ2) is 12.3. The van der Waals surface area contributed by atoms with E-state index in [1.165, 1.54) is 12.1 Å². The molecule has 0 saturated heterocycles. The molecule has 0 aliphatic carbocycles. The van der Waals surface area contributed by atoms with Gasteiger partial charge in [-0.3, -0.25) is 9.59 Å². The molecule has 2 N–H and O–H groups in total. The van der Waals surface area contributed by atoms with Crippen molar-refractivity contribution in [3.63, 3.8) is 0 Å². The van der Waals surface area contributed by atoms with Crippen LogP contribution in [-0.4, -0.2) is 23.5 Å². The first-order chi connectivity index (χ1) is 17.1. The first-order valence-electron chi connectivity index (χ1n) is 11.9. The zero-order valence-corrected chi connectivity index (χ0v) is 20.6. The molecule has 0 heterocycles. The molecule has 190 valence electrons. The molecule has 1 unspecified atom stereocenters. The molecule has 5 nitrogen and oxygen atoms in total. The number of hydrogen-bond donors (Lipinski definition) is 2. The van der Waals surface area contributed by atoms with E-state index >= 15 is 0 Å². The highest BCUT2D eigenvalue weighted by Gasteiger charge is 2.19. The van der Waals surface area contributed by atoms with E-state index in [0.29, 0.717) is 17.2 Å². The van der Waals surface area contributed by atoms with Crippen LogP contribution < -0.4 is 10.1 Å². The van der Waals surface area contributed by atoms with Crippen LogP contribution in [0.2, 0.25) is 0 Å². The van der Waals surface area contributed by atoms with Crippen LogP contribution >= 0.6 is 0 Å². The summed E-state index contributed by atoms with van der Waals surface area (Å²) in [5, 5.41) is 11.3. The minimum atomic E-state index is -2.49. The quantitative estimate of drug-likeness (QED) is 0.301. The average molecular weight is 496 g/mol. The van der Waals surface area contributed by atoms with Crippen LogP contribution in [0.15, 0.2) is 66.7 Å². The number of carbonyl (C=O) groups is 2. The van der Waals surface area contributed by atoms with Crippen LogP contribution in [0, 0.1) is 12.8 Å². The lowest BCUT2D eigenvalue weighted by Crippen LogP contribution is -2.25. The molecule has 36 heavy (non-hydrogen) atoms. The average Bonchev–Trinajstić information content (AvgIpc) is 2.83. The van der Waals surface area contributed by atoms with E-state index in [4.69, 9.17) is 9.84 Å². The van der Waals surface area contributed by atoms with Gasteiger partial charge in [0.25, 0.3) is 12.3 Å². The number of carboxylic acid groups (broad SMARTS) is 1. The molecule has 0 aliphatic heterocycles. The van der Waals surface area contributed by atoms with E-state index in [1.807, 2.05) is 25.1 Å². The van der Waals surface area contributed by atoms with E-state index in [-0.39, 0.29) is 30.5 Å². The fourth-order valence-electron chi connectivity index (χ4n) is 3.94. The van der Waals surface area contributed by atoms with Crippen molar-refractivity contribution in [2.75, 3.05) is 6.54 Å². The minimum Gasteiger partial charge on any atom is -0.486 e. The molecule has 3 aromatic carbocycles. The number of hydrogen-bond acceptors (Lipinski definition) is 3. The Hall–Kier alpha value is -3.74. The van der Waals surface area contributed by atoms with Gasteiger partial charge in [0, 0.05) is 17.7 Å². The molecule has 1 atom stereocenters. The van der Waals surface area contributed by atoms with Gasteiger partial charge in [0.2, 0.25) is 0 Å². The summed E-state index contributed by atoms with van der Waals surface area (Å²) in [5.41, 5.74) is 4.30. The van der Waals surface area contributed by atoms with Gasteiger partial charge in [-0.2, -0.15) is 0 Å². The predicted molar refractivity (Wildman–Crippen MR) is 135 cm³/mol. The zero-order chi connectivity index (χ0) is 26.2. The Labute approximate surface area is 210 Å². The molecule has 1 amide bonds. The number of aryl methyl sites for hydroxylation is 1. The topological polar surface area (TPSA) is 75.6 Å². The van der Waals surface area contributed by atoms with Gasteiger partial charge in [0.15, 0.2) is 0 Å². The van der Waals surface area contributed by atoms with Crippen LogP contribution in [0.25, 0.3) is 11.1 Å². The lowest BCUT2D eigenvalue weighted by molar-refractivity contribution is -0.136. The Kier molecular flexibility index (Phi) is 9.17. The molecular weight excluding hydrogens is 464 g/mol. The molecule has 0 bridgehead atoms. The third-order valence-corrected chi connectivity index (χ3v) is 5.82. The zero-order valence-electron chi connectivity index (χ0n) is 20.6. The molecule has 0 aromatic heterocycles. The molecule has 0 radical (unpaired) electrons. The van der Waals surface area contributed by atoms with E-state index in [1.54, 1.807) is 36.4 Å². The fourth-order valence-corrected chi connectivity index (χ4v) is 3.94. The van der Waals surface area contributed by atoms with Gasteiger partial charge in [-0.25, -0.2) is 8.78 Å². The lowest BCUT2D eigenvalue weighted by atomic mass is 9.93. The van der Waals surface area contributed by atoms with Gasteiger partial charge >= 0.3 is 5.97 Å². The van der Waals surface area contributed by atoms with Crippen LogP contribution in [0.4, 0.5) is 8.78 Å². The monoisotopic (exact) mass is 495 g/mol. The maximum atomic E-state index is 12.9. The molecule has 7 heteroatoms. The number of rotatable bonds is 11. The summed E-state index contributed by atoms with van der Waals surface area (Å²) in [5.74, 6) is -0.318. The highest BCUT2D eigenvalue weighted by atomic mass is 19.3. The summed E-state index contributed by atoms with van der Waals surface area (Å²) in [6, 6.07) is 19.1. The van der Waals surface area contributed by atoms with Crippen LogP contribution in [0.5, 0.6) is 5.75 Å². The largest absolute Gasteiger partial charge is 0.486 e. The smallest absolute Gasteiger partial charge is 0.305 e. The highest BCUT2D eigenvalue weighted by Crippen LogP contribution is 2.33. The summed E-state index contributed by atoms with van der Waals surface area (Å²) in [4.78, 5) is 22.8. The second-order valence-electron chi connectivity index (χ2n) is 9.15. The second-order valence-corrected chi connectivity index (χ2v) is 9.15. The van der Waals surface area contributed by atoms with Crippen molar-refractivity contribution in [2.24, 2.45) is 5.92 Å². The van der Waals surface area contributed by atoms with E-state index in [2.05, 4.69) is 19.2 Å². The summed E-state index contributed by atoms with van der Waals surface area (Å²) in [6.07, 6.45) is -2.06.